The molecule has 2 aromatic carbocycles. The minimum absolute atomic E-state index is 0.154. The molecule has 0 bridgehead atoms. The quantitative estimate of drug-likeness (QED) is 0.675. The maximum absolute atomic E-state index is 12.3. The molecule has 0 fully saturated rings. The Morgan fingerprint density at radius 2 is 1.97 bits per heavy atom. The number of aromatic nitrogens is 2. The van der Waals surface area contributed by atoms with E-state index in [-0.39, 0.29) is 12.1 Å². The van der Waals surface area contributed by atoms with Crippen LogP contribution < -0.4 is 20.1 Å². The van der Waals surface area contributed by atoms with Gasteiger partial charge in [-0.3, -0.25) is 0 Å². The fourth-order valence-electron chi connectivity index (χ4n) is 3.27. The van der Waals surface area contributed by atoms with Crippen molar-refractivity contribution in [2.45, 2.75) is 26.1 Å². The lowest BCUT2D eigenvalue weighted by Gasteiger charge is -2.21. The molecule has 1 aliphatic rings. The number of urea groups is 1. The van der Waals surface area contributed by atoms with Crippen LogP contribution in [0.3, 0.4) is 0 Å². The number of amides is 2. The number of imidazole rings is 1. The molecule has 0 radical (unpaired) electrons. The molecule has 4 rings (SSSR count). The van der Waals surface area contributed by atoms with E-state index in [4.69, 9.17) is 9.47 Å². The van der Waals surface area contributed by atoms with Gasteiger partial charge in [-0.2, -0.15) is 0 Å². The lowest BCUT2D eigenvalue weighted by Crippen LogP contribution is -2.36. The molecule has 1 atom stereocenters. The number of nitrogens with zero attached hydrogens (tertiary/aromatic N) is 2. The van der Waals surface area contributed by atoms with E-state index < -0.39 is 0 Å². The van der Waals surface area contributed by atoms with Gasteiger partial charge < -0.3 is 24.7 Å². The summed E-state index contributed by atoms with van der Waals surface area (Å²) in [5.41, 5.74) is 3.17. The Hall–Kier alpha value is -3.48. The van der Waals surface area contributed by atoms with Gasteiger partial charge in [-0.05, 0) is 35.7 Å². The number of rotatable bonds is 6. The summed E-state index contributed by atoms with van der Waals surface area (Å²) in [6.45, 7) is 4.25. The average Bonchev–Trinajstić information content (AvgIpc) is 3.25. The molecule has 1 unspecified atom stereocenters. The molecular weight excluding hydrogens is 368 g/mol. The minimum Gasteiger partial charge on any atom is -0.486 e. The summed E-state index contributed by atoms with van der Waals surface area (Å²) >= 11 is 0. The van der Waals surface area contributed by atoms with Gasteiger partial charge in [-0.15, -0.1) is 0 Å². The van der Waals surface area contributed by atoms with Gasteiger partial charge in [0.2, 0.25) is 0 Å². The summed E-state index contributed by atoms with van der Waals surface area (Å²) in [4.78, 5) is 16.4. The Bertz CT molecular complexity index is 972. The third-order valence-electron chi connectivity index (χ3n) is 4.78. The van der Waals surface area contributed by atoms with Crippen molar-refractivity contribution in [1.29, 1.82) is 0 Å². The highest BCUT2D eigenvalue weighted by Crippen LogP contribution is 2.32. The number of ether oxygens (including phenoxy) is 2. The SMILES string of the molecule is CC(NC(=O)NCc1cccc(Cn2ccnc2)c1)c1ccc2c(c1)OCCO2. The maximum Gasteiger partial charge on any atom is 0.315 e. The van der Waals surface area contributed by atoms with Crippen LogP contribution in [-0.2, 0) is 13.1 Å². The molecule has 2 N–H and O–H groups in total. The summed E-state index contributed by atoms with van der Waals surface area (Å²) in [7, 11) is 0. The Morgan fingerprint density at radius 3 is 2.79 bits per heavy atom. The highest BCUT2D eigenvalue weighted by Gasteiger charge is 2.15. The molecule has 7 heteroatoms. The highest BCUT2D eigenvalue weighted by molar-refractivity contribution is 5.74. The molecule has 0 aliphatic carbocycles. The molecule has 0 saturated carbocycles. The van der Waals surface area contributed by atoms with E-state index in [0.717, 1.165) is 34.7 Å². The van der Waals surface area contributed by atoms with Crippen molar-refractivity contribution in [3.05, 3.63) is 77.9 Å². The van der Waals surface area contributed by atoms with E-state index in [1.807, 2.05) is 48.0 Å². The number of hydrogen-bond donors (Lipinski definition) is 2. The third-order valence-corrected chi connectivity index (χ3v) is 4.78. The van der Waals surface area contributed by atoms with Crippen LogP contribution in [0.5, 0.6) is 11.5 Å². The number of benzene rings is 2. The fraction of sp³-hybridized carbons (Fsp3) is 0.273. The maximum atomic E-state index is 12.3. The lowest BCUT2D eigenvalue weighted by atomic mass is 10.1. The van der Waals surface area contributed by atoms with Crippen molar-refractivity contribution in [2.75, 3.05) is 13.2 Å². The summed E-state index contributed by atoms with van der Waals surface area (Å²) in [5.74, 6) is 1.46. The standard InChI is InChI=1S/C22H24N4O3/c1-16(19-5-6-20-21(12-19)29-10-9-28-20)25-22(27)24-13-17-3-2-4-18(11-17)14-26-8-7-23-15-26/h2-8,11-12,15-16H,9-10,13-14H2,1H3,(H2,24,25,27). The van der Waals surface area contributed by atoms with Crippen molar-refractivity contribution < 1.29 is 14.3 Å². The normalized spacial score (nSPS) is 13.6. The zero-order chi connectivity index (χ0) is 20.1. The molecule has 3 aromatic rings. The molecular formula is C22H24N4O3. The summed E-state index contributed by atoms with van der Waals surface area (Å²) in [5, 5.41) is 5.89. The van der Waals surface area contributed by atoms with E-state index in [9.17, 15) is 4.79 Å². The van der Waals surface area contributed by atoms with E-state index >= 15 is 0 Å². The molecule has 7 nitrogen and oxygen atoms in total. The van der Waals surface area contributed by atoms with Gasteiger partial charge in [0, 0.05) is 25.5 Å². The Labute approximate surface area is 169 Å². The van der Waals surface area contributed by atoms with Crippen molar-refractivity contribution in [1.82, 2.24) is 20.2 Å². The second-order valence-electron chi connectivity index (χ2n) is 7.01. The van der Waals surface area contributed by atoms with Crippen LogP contribution >= 0.6 is 0 Å². The van der Waals surface area contributed by atoms with Crippen molar-refractivity contribution in [3.8, 4) is 11.5 Å². The molecule has 1 aliphatic heterocycles. The fourth-order valence-corrected chi connectivity index (χ4v) is 3.27. The molecule has 0 spiro atoms. The van der Waals surface area contributed by atoms with E-state index in [0.29, 0.717) is 19.8 Å². The van der Waals surface area contributed by atoms with Crippen LogP contribution in [0.4, 0.5) is 4.79 Å². The summed E-state index contributed by atoms with van der Waals surface area (Å²) < 4.78 is 13.2. The molecule has 1 aromatic heterocycles. The Balaban J connectivity index is 1.31. The summed E-state index contributed by atoms with van der Waals surface area (Å²) in [6, 6.07) is 13.5. The van der Waals surface area contributed by atoms with Gasteiger partial charge in [0.05, 0.1) is 12.4 Å². The number of carbonyl (C=O) groups excluding carboxylic acids is 1. The van der Waals surface area contributed by atoms with Crippen molar-refractivity contribution >= 4 is 6.03 Å². The molecule has 2 heterocycles. The van der Waals surface area contributed by atoms with Gasteiger partial charge in [0.15, 0.2) is 11.5 Å². The monoisotopic (exact) mass is 392 g/mol. The van der Waals surface area contributed by atoms with Crippen LogP contribution in [0.15, 0.2) is 61.2 Å². The molecule has 0 saturated heterocycles. The van der Waals surface area contributed by atoms with Crippen LogP contribution in [0.2, 0.25) is 0 Å². The smallest absolute Gasteiger partial charge is 0.315 e. The molecule has 29 heavy (non-hydrogen) atoms. The van der Waals surface area contributed by atoms with E-state index in [1.54, 1.807) is 12.5 Å². The van der Waals surface area contributed by atoms with Gasteiger partial charge in [-0.25, -0.2) is 9.78 Å². The predicted octanol–water partition coefficient (Wildman–Crippen LogP) is 3.26. The molecule has 150 valence electrons. The Kier molecular flexibility index (Phi) is 5.65. The largest absolute Gasteiger partial charge is 0.486 e. The molecule has 2 amide bonds. The highest BCUT2D eigenvalue weighted by atomic mass is 16.6. The number of fused-ring (bicyclic) bond motifs is 1. The number of hydrogen-bond acceptors (Lipinski definition) is 4. The van der Waals surface area contributed by atoms with E-state index in [1.165, 1.54) is 0 Å². The predicted molar refractivity (Wildman–Crippen MR) is 109 cm³/mol. The first-order valence-electron chi connectivity index (χ1n) is 9.65. The first kappa shape index (κ1) is 18.9. The van der Waals surface area contributed by atoms with Gasteiger partial charge in [0.1, 0.15) is 13.2 Å². The van der Waals surface area contributed by atoms with E-state index in [2.05, 4.69) is 27.8 Å². The van der Waals surface area contributed by atoms with Crippen LogP contribution in [0.25, 0.3) is 0 Å². The van der Waals surface area contributed by atoms with Gasteiger partial charge in [-0.1, -0.05) is 30.3 Å². The third kappa shape index (κ3) is 4.87. The van der Waals surface area contributed by atoms with Gasteiger partial charge >= 0.3 is 6.03 Å². The van der Waals surface area contributed by atoms with Gasteiger partial charge in [0.25, 0.3) is 0 Å². The summed E-state index contributed by atoms with van der Waals surface area (Å²) in [6.07, 6.45) is 5.48. The lowest BCUT2D eigenvalue weighted by molar-refractivity contribution is 0.171. The Morgan fingerprint density at radius 1 is 1.14 bits per heavy atom. The zero-order valence-corrected chi connectivity index (χ0v) is 16.3. The van der Waals surface area contributed by atoms with Crippen molar-refractivity contribution in [2.24, 2.45) is 0 Å². The average molecular weight is 392 g/mol. The number of nitrogens with one attached hydrogen (secondary N) is 2. The minimum atomic E-state index is -0.215. The second kappa shape index (κ2) is 8.68. The topological polar surface area (TPSA) is 77.4 Å². The first-order chi connectivity index (χ1) is 14.2. The zero-order valence-electron chi connectivity index (χ0n) is 16.3. The van der Waals surface area contributed by atoms with Crippen LogP contribution in [0.1, 0.15) is 29.7 Å². The van der Waals surface area contributed by atoms with Crippen LogP contribution in [-0.4, -0.2) is 28.8 Å². The van der Waals surface area contributed by atoms with Crippen LogP contribution in [0, 0.1) is 0 Å². The second-order valence-corrected chi connectivity index (χ2v) is 7.01. The first-order valence-corrected chi connectivity index (χ1v) is 9.65. The van der Waals surface area contributed by atoms with Crippen molar-refractivity contribution in [3.63, 3.8) is 0 Å². The number of carbonyl (C=O) groups is 1.